The molecule has 0 saturated heterocycles. The molecule has 1 aliphatic carbocycles. The summed E-state index contributed by atoms with van der Waals surface area (Å²) < 4.78 is 0. The molecule has 0 heterocycles. The molecule has 0 radical (unpaired) electrons. The zero-order chi connectivity index (χ0) is 11.5. The average Bonchev–Trinajstić information content (AvgIpc) is 2.18. The smallest absolute Gasteiger partial charge is 0.0750 e. The lowest BCUT2D eigenvalue weighted by molar-refractivity contribution is 0.0809. The Morgan fingerprint density at radius 3 is 2.67 bits per heavy atom. The van der Waals surface area contributed by atoms with Crippen LogP contribution >= 0.6 is 0 Å². The number of hydrogen-bond donors (Lipinski definition) is 2. The fourth-order valence-corrected chi connectivity index (χ4v) is 2.64. The summed E-state index contributed by atoms with van der Waals surface area (Å²) in [5.41, 5.74) is 1.26. The molecule has 15 heavy (non-hydrogen) atoms. The van der Waals surface area contributed by atoms with Gasteiger partial charge in [0.15, 0.2) is 0 Å². The van der Waals surface area contributed by atoms with Crippen molar-refractivity contribution in [2.24, 2.45) is 11.3 Å². The van der Waals surface area contributed by atoms with Crippen molar-refractivity contribution in [2.45, 2.75) is 52.1 Å². The van der Waals surface area contributed by atoms with Crippen LogP contribution in [0.1, 0.15) is 46.0 Å². The number of hydrogen-bond acceptors (Lipinski definition) is 2. The maximum Gasteiger partial charge on any atom is 0.0750 e. The Morgan fingerprint density at radius 2 is 2.07 bits per heavy atom. The van der Waals surface area contributed by atoms with Crippen LogP contribution < -0.4 is 0 Å². The van der Waals surface area contributed by atoms with Crippen molar-refractivity contribution < 1.29 is 10.2 Å². The molecule has 88 valence electrons. The van der Waals surface area contributed by atoms with E-state index in [1.807, 2.05) is 0 Å². The highest BCUT2D eigenvalue weighted by Crippen LogP contribution is 2.45. The summed E-state index contributed by atoms with van der Waals surface area (Å²) in [6, 6.07) is 0. The van der Waals surface area contributed by atoms with E-state index in [1.165, 1.54) is 0 Å². The third kappa shape index (κ3) is 3.05. The van der Waals surface area contributed by atoms with Gasteiger partial charge in [-0.05, 0) is 42.6 Å². The lowest BCUT2D eigenvalue weighted by Crippen LogP contribution is -2.36. The van der Waals surface area contributed by atoms with Gasteiger partial charge in [-0.2, -0.15) is 0 Å². The maximum absolute atomic E-state index is 9.79. The van der Waals surface area contributed by atoms with Gasteiger partial charge in [-0.3, -0.25) is 0 Å². The van der Waals surface area contributed by atoms with E-state index in [0.717, 1.165) is 37.7 Å². The van der Waals surface area contributed by atoms with Gasteiger partial charge in [0.25, 0.3) is 0 Å². The molecule has 0 aromatic carbocycles. The number of unbranched alkanes of at least 4 members (excludes halogenated alkanes) is 1. The van der Waals surface area contributed by atoms with Crippen molar-refractivity contribution in [2.75, 3.05) is 6.61 Å². The van der Waals surface area contributed by atoms with Crippen LogP contribution in [0.15, 0.2) is 12.2 Å². The molecule has 1 unspecified atom stereocenters. The zero-order valence-corrected chi connectivity index (χ0v) is 10.00. The topological polar surface area (TPSA) is 40.5 Å². The van der Waals surface area contributed by atoms with Crippen molar-refractivity contribution in [3.05, 3.63) is 12.2 Å². The Hall–Kier alpha value is -0.340. The Balaban J connectivity index is 2.58. The molecule has 2 heteroatoms. The molecular formula is C13H24O2. The van der Waals surface area contributed by atoms with Gasteiger partial charge in [0, 0.05) is 6.61 Å². The molecule has 0 aromatic heterocycles. The first kappa shape index (κ1) is 12.7. The lowest BCUT2D eigenvalue weighted by atomic mass is 9.64. The van der Waals surface area contributed by atoms with Crippen LogP contribution in [0.3, 0.4) is 0 Å². The first-order valence-corrected chi connectivity index (χ1v) is 5.96. The van der Waals surface area contributed by atoms with E-state index >= 15 is 0 Å². The van der Waals surface area contributed by atoms with Crippen molar-refractivity contribution in [3.63, 3.8) is 0 Å². The molecule has 0 aromatic rings. The van der Waals surface area contributed by atoms with Crippen molar-refractivity contribution in [3.8, 4) is 0 Å². The van der Waals surface area contributed by atoms with E-state index < -0.39 is 0 Å². The third-order valence-corrected chi connectivity index (χ3v) is 3.78. The molecule has 1 fully saturated rings. The standard InChI is InChI=1S/C13H24O2/c1-10-11(6-4-5-9-14)13(2,3)8-7-12(10)15/h11-12,14-15H,1,4-9H2,2-3H3/t11?,12-/m0/s1. The van der Waals surface area contributed by atoms with E-state index in [2.05, 4.69) is 20.4 Å². The summed E-state index contributed by atoms with van der Waals surface area (Å²) in [5.74, 6) is 0.410. The summed E-state index contributed by atoms with van der Waals surface area (Å²) in [6.07, 6.45) is 4.53. The predicted octanol–water partition coefficient (Wildman–Crippen LogP) is 2.50. The highest BCUT2D eigenvalue weighted by atomic mass is 16.3. The van der Waals surface area contributed by atoms with Gasteiger partial charge < -0.3 is 10.2 Å². The Labute approximate surface area is 93.0 Å². The largest absolute Gasteiger partial charge is 0.396 e. The molecule has 2 atom stereocenters. The summed E-state index contributed by atoms with van der Waals surface area (Å²) >= 11 is 0. The summed E-state index contributed by atoms with van der Waals surface area (Å²) in [4.78, 5) is 0. The van der Waals surface area contributed by atoms with Gasteiger partial charge >= 0.3 is 0 Å². The number of aliphatic hydroxyl groups excluding tert-OH is 2. The van der Waals surface area contributed by atoms with Crippen LogP contribution in [0.4, 0.5) is 0 Å². The van der Waals surface area contributed by atoms with Crippen molar-refractivity contribution in [1.82, 2.24) is 0 Å². The van der Waals surface area contributed by atoms with E-state index in [0.29, 0.717) is 5.92 Å². The summed E-state index contributed by atoms with van der Waals surface area (Å²) in [7, 11) is 0. The first-order valence-electron chi connectivity index (χ1n) is 5.96. The number of rotatable bonds is 4. The van der Waals surface area contributed by atoms with Crippen LogP contribution in [0.5, 0.6) is 0 Å². The van der Waals surface area contributed by atoms with E-state index in [1.54, 1.807) is 0 Å². The second-order valence-electron chi connectivity index (χ2n) is 5.39. The normalized spacial score (nSPS) is 30.5. The van der Waals surface area contributed by atoms with Crippen LogP contribution in [-0.2, 0) is 0 Å². The second-order valence-corrected chi connectivity index (χ2v) is 5.39. The Bertz CT molecular complexity index is 221. The fourth-order valence-electron chi connectivity index (χ4n) is 2.64. The second kappa shape index (κ2) is 5.13. The molecule has 0 spiro atoms. The van der Waals surface area contributed by atoms with Gasteiger partial charge in [-0.15, -0.1) is 0 Å². The van der Waals surface area contributed by atoms with Gasteiger partial charge in [-0.25, -0.2) is 0 Å². The molecule has 1 saturated carbocycles. The van der Waals surface area contributed by atoms with Crippen molar-refractivity contribution >= 4 is 0 Å². The van der Waals surface area contributed by atoms with Crippen LogP contribution in [0.25, 0.3) is 0 Å². The van der Waals surface area contributed by atoms with Gasteiger partial charge in [0.1, 0.15) is 0 Å². The summed E-state index contributed by atoms with van der Waals surface area (Å²) in [6.45, 7) is 8.82. The third-order valence-electron chi connectivity index (χ3n) is 3.78. The number of aliphatic hydroxyl groups is 2. The van der Waals surface area contributed by atoms with Gasteiger partial charge in [-0.1, -0.05) is 26.8 Å². The monoisotopic (exact) mass is 212 g/mol. The Kier molecular flexibility index (Phi) is 4.35. The molecule has 1 rings (SSSR count). The fraction of sp³-hybridized carbons (Fsp3) is 0.846. The van der Waals surface area contributed by atoms with Gasteiger partial charge in [0.05, 0.1) is 6.10 Å². The zero-order valence-electron chi connectivity index (χ0n) is 10.00. The molecule has 1 aliphatic rings. The van der Waals surface area contributed by atoms with Crippen LogP contribution in [-0.4, -0.2) is 22.9 Å². The van der Waals surface area contributed by atoms with E-state index in [-0.39, 0.29) is 18.1 Å². The van der Waals surface area contributed by atoms with Gasteiger partial charge in [0.2, 0.25) is 0 Å². The molecule has 2 N–H and O–H groups in total. The Morgan fingerprint density at radius 1 is 1.40 bits per heavy atom. The summed E-state index contributed by atoms with van der Waals surface area (Å²) in [5, 5.41) is 18.6. The SMILES string of the molecule is C=C1C(CCCCO)C(C)(C)CC[C@@H]1O. The van der Waals surface area contributed by atoms with Crippen molar-refractivity contribution in [1.29, 1.82) is 0 Å². The lowest BCUT2D eigenvalue weighted by Gasteiger charge is -2.42. The minimum absolute atomic E-state index is 0.256. The highest BCUT2D eigenvalue weighted by molar-refractivity contribution is 5.14. The van der Waals surface area contributed by atoms with E-state index in [9.17, 15) is 5.11 Å². The molecule has 0 bridgehead atoms. The molecule has 0 amide bonds. The first-order chi connectivity index (χ1) is 6.99. The van der Waals surface area contributed by atoms with Crippen LogP contribution in [0.2, 0.25) is 0 Å². The maximum atomic E-state index is 9.79. The average molecular weight is 212 g/mol. The minimum Gasteiger partial charge on any atom is -0.396 e. The highest BCUT2D eigenvalue weighted by Gasteiger charge is 2.37. The molecule has 2 nitrogen and oxygen atoms in total. The molecular weight excluding hydrogens is 188 g/mol. The molecule has 0 aliphatic heterocycles. The predicted molar refractivity (Wildman–Crippen MR) is 62.6 cm³/mol. The van der Waals surface area contributed by atoms with E-state index in [4.69, 9.17) is 5.11 Å². The minimum atomic E-state index is -0.308. The quantitative estimate of drug-likeness (QED) is 0.555. The van der Waals surface area contributed by atoms with Crippen LogP contribution in [0, 0.1) is 11.3 Å².